The van der Waals surface area contributed by atoms with Crippen molar-refractivity contribution in [3.8, 4) is 56.4 Å². The molecule has 2 N–H and O–H groups in total. The Labute approximate surface area is 221 Å². The number of hydrogen-bond donors (Lipinski definition) is 1. The summed E-state index contributed by atoms with van der Waals surface area (Å²) in [6, 6.07) is 38.4. The molecule has 6 nitrogen and oxygen atoms in total. The Morgan fingerprint density at radius 1 is 0.421 bits per heavy atom. The molecule has 2 aromatic heterocycles. The molecule has 6 aromatic rings. The van der Waals surface area contributed by atoms with Crippen molar-refractivity contribution in [1.82, 2.24) is 24.9 Å². The molecule has 0 bridgehead atoms. The Morgan fingerprint density at radius 2 is 0.895 bits per heavy atom. The number of aromatic nitrogens is 5. The van der Waals surface area contributed by atoms with E-state index in [1.165, 1.54) is 0 Å². The van der Waals surface area contributed by atoms with Crippen LogP contribution in [0.25, 0.3) is 56.4 Å². The van der Waals surface area contributed by atoms with Crippen LogP contribution in [-0.2, 0) is 0 Å². The summed E-state index contributed by atoms with van der Waals surface area (Å²) < 4.78 is 0. The Kier molecular flexibility index (Phi) is 6.12. The van der Waals surface area contributed by atoms with Crippen molar-refractivity contribution < 1.29 is 0 Å². The molecule has 182 valence electrons. The first kappa shape index (κ1) is 23.2. The highest BCUT2D eigenvalue weighted by molar-refractivity contribution is 5.76. The maximum Gasteiger partial charge on any atom is 0.221 e. The summed E-state index contributed by atoms with van der Waals surface area (Å²) in [5.74, 6) is 2.23. The van der Waals surface area contributed by atoms with Gasteiger partial charge in [0.05, 0.1) is 11.4 Å². The lowest BCUT2D eigenvalue weighted by Gasteiger charge is -2.10. The molecule has 0 atom stereocenters. The highest BCUT2D eigenvalue weighted by atomic mass is 15.0. The van der Waals surface area contributed by atoms with Gasteiger partial charge in [-0.2, -0.15) is 0 Å². The fourth-order valence-electron chi connectivity index (χ4n) is 4.39. The minimum absolute atomic E-state index is 0.244. The molecular weight excluding hydrogens is 468 g/mol. The Bertz CT molecular complexity index is 1600. The van der Waals surface area contributed by atoms with Crippen molar-refractivity contribution in [3.63, 3.8) is 0 Å². The molecule has 0 aliphatic rings. The molecule has 0 radical (unpaired) electrons. The first-order valence-corrected chi connectivity index (χ1v) is 12.3. The van der Waals surface area contributed by atoms with Gasteiger partial charge in [-0.05, 0) is 36.2 Å². The number of nitrogens with two attached hydrogens (primary N) is 1. The smallest absolute Gasteiger partial charge is 0.221 e. The van der Waals surface area contributed by atoms with E-state index in [1.807, 2.05) is 97.9 Å². The number of anilines is 1. The van der Waals surface area contributed by atoms with E-state index in [0.29, 0.717) is 17.5 Å². The van der Waals surface area contributed by atoms with Gasteiger partial charge in [-0.25, -0.2) is 24.9 Å². The van der Waals surface area contributed by atoms with Crippen LogP contribution in [0.1, 0.15) is 5.82 Å². The molecule has 0 spiro atoms. The molecule has 0 unspecified atom stereocenters. The Balaban J connectivity index is 1.37. The minimum atomic E-state index is 0.244. The Morgan fingerprint density at radius 3 is 1.55 bits per heavy atom. The highest BCUT2D eigenvalue weighted by Gasteiger charge is 2.11. The molecule has 0 saturated heterocycles. The highest BCUT2D eigenvalue weighted by Crippen LogP contribution is 2.30. The van der Waals surface area contributed by atoms with E-state index >= 15 is 0 Å². The molecule has 38 heavy (non-hydrogen) atoms. The molecule has 6 heteroatoms. The van der Waals surface area contributed by atoms with E-state index in [4.69, 9.17) is 10.7 Å². The van der Waals surface area contributed by atoms with Crippen molar-refractivity contribution in [1.29, 1.82) is 0 Å². The molecule has 0 aliphatic heterocycles. The lowest BCUT2D eigenvalue weighted by Crippen LogP contribution is -1.99. The van der Waals surface area contributed by atoms with Gasteiger partial charge in [-0.3, -0.25) is 0 Å². The zero-order valence-electron chi connectivity index (χ0n) is 20.8. The average molecular weight is 493 g/mol. The van der Waals surface area contributed by atoms with E-state index in [2.05, 4.69) is 44.2 Å². The number of rotatable bonds is 5. The maximum absolute atomic E-state index is 6.09. The average Bonchev–Trinajstić information content (AvgIpc) is 2.97. The molecule has 0 aliphatic carbocycles. The van der Waals surface area contributed by atoms with Crippen LogP contribution in [0, 0.1) is 6.92 Å². The predicted octanol–water partition coefficient (Wildman–Crippen LogP) is 6.89. The Hall–Kier alpha value is -5.23. The molecule has 4 aromatic carbocycles. The first-order valence-electron chi connectivity index (χ1n) is 12.3. The van der Waals surface area contributed by atoms with Crippen LogP contribution in [0.4, 0.5) is 5.95 Å². The summed E-state index contributed by atoms with van der Waals surface area (Å²) >= 11 is 0. The zero-order chi connectivity index (χ0) is 25.9. The molecule has 6 rings (SSSR count). The van der Waals surface area contributed by atoms with Gasteiger partial charge in [0.1, 0.15) is 5.82 Å². The molecule has 0 fully saturated rings. The normalized spacial score (nSPS) is 10.9. The first-order chi connectivity index (χ1) is 18.6. The van der Waals surface area contributed by atoms with Crippen molar-refractivity contribution >= 4 is 5.95 Å². The largest absolute Gasteiger partial charge is 0.368 e. The van der Waals surface area contributed by atoms with Crippen LogP contribution in [0.5, 0.6) is 0 Å². The number of nitrogen functional groups attached to an aromatic ring is 1. The van der Waals surface area contributed by atoms with Gasteiger partial charge in [-0.1, -0.05) is 97.1 Å². The van der Waals surface area contributed by atoms with Gasteiger partial charge < -0.3 is 5.73 Å². The lowest BCUT2D eigenvalue weighted by molar-refractivity contribution is 0.992. The third kappa shape index (κ3) is 4.88. The van der Waals surface area contributed by atoms with E-state index < -0.39 is 0 Å². The fourth-order valence-corrected chi connectivity index (χ4v) is 4.39. The maximum atomic E-state index is 6.09. The second kappa shape index (κ2) is 10.0. The standard InChI is InChI=1S/C32H24N6/c1-21-34-30(23-12-6-3-7-13-23)38-31(35-21)27-17-9-15-25(19-27)24-14-8-16-26(18-24)29-20-28(36-32(33)37-29)22-10-4-2-5-11-22/h2-20H,1H3,(H2,33,36,37). The SMILES string of the molecule is Cc1nc(-c2ccccc2)nc(-c2cccc(-c3cccc(-c4cc(-c5ccccc5)nc(N)n4)c3)c2)n1. The fraction of sp³-hybridized carbons (Fsp3) is 0.0312. The second-order valence-corrected chi connectivity index (χ2v) is 8.92. The summed E-state index contributed by atoms with van der Waals surface area (Å²) in [6.45, 7) is 1.89. The zero-order valence-corrected chi connectivity index (χ0v) is 20.8. The monoisotopic (exact) mass is 492 g/mol. The van der Waals surface area contributed by atoms with E-state index in [1.54, 1.807) is 0 Å². The van der Waals surface area contributed by atoms with E-state index in [9.17, 15) is 0 Å². The van der Waals surface area contributed by atoms with Crippen LogP contribution in [0.15, 0.2) is 115 Å². The summed E-state index contributed by atoms with van der Waals surface area (Å²) in [4.78, 5) is 22.9. The number of nitrogens with zero attached hydrogens (tertiary/aromatic N) is 5. The van der Waals surface area contributed by atoms with Gasteiger partial charge in [0.2, 0.25) is 5.95 Å². The molecule has 2 heterocycles. The summed E-state index contributed by atoms with van der Waals surface area (Å²) in [7, 11) is 0. The van der Waals surface area contributed by atoms with Crippen molar-refractivity contribution in [3.05, 3.63) is 121 Å². The van der Waals surface area contributed by atoms with E-state index in [-0.39, 0.29) is 5.95 Å². The van der Waals surface area contributed by atoms with Crippen molar-refractivity contribution in [2.45, 2.75) is 6.92 Å². The van der Waals surface area contributed by atoms with E-state index in [0.717, 1.165) is 44.8 Å². The van der Waals surface area contributed by atoms with Gasteiger partial charge in [0.15, 0.2) is 11.6 Å². The van der Waals surface area contributed by atoms with Gasteiger partial charge in [0, 0.05) is 22.3 Å². The van der Waals surface area contributed by atoms with Crippen molar-refractivity contribution in [2.75, 3.05) is 5.73 Å². The third-order valence-electron chi connectivity index (χ3n) is 6.20. The van der Waals surface area contributed by atoms with Crippen LogP contribution >= 0.6 is 0 Å². The second-order valence-electron chi connectivity index (χ2n) is 8.92. The summed E-state index contributed by atoms with van der Waals surface area (Å²) in [6.07, 6.45) is 0. The molecule has 0 amide bonds. The van der Waals surface area contributed by atoms with Crippen LogP contribution in [-0.4, -0.2) is 24.9 Å². The quantitative estimate of drug-likeness (QED) is 0.282. The third-order valence-corrected chi connectivity index (χ3v) is 6.20. The number of benzene rings is 4. The number of hydrogen-bond acceptors (Lipinski definition) is 6. The van der Waals surface area contributed by atoms with Crippen molar-refractivity contribution in [2.24, 2.45) is 0 Å². The van der Waals surface area contributed by atoms with Gasteiger partial charge in [0.25, 0.3) is 0 Å². The summed E-state index contributed by atoms with van der Waals surface area (Å²) in [5.41, 5.74) is 13.6. The van der Waals surface area contributed by atoms with Crippen LogP contribution < -0.4 is 5.73 Å². The van der Waals surface area contributed by atoms with Gasteiger partial charge >= 0.3 is 0 Å². The predicted molar refractivity (Wildman–Crippen MR) is 152 cm³/mol. The van der Waals surface area contributed by atoms with Gasteiger partial charge in [-0.15, -0.1) is 0 Å². The topological polar surface area (TPSA) is 90.5 Å². The van der Waals surface area contributed by atoms with Crippen LogP contribution in [0.3, 0.4) is 0 Å². The van der Waals surface area contributed by atoms with Crippen LogP contribution in [0.2, 0.25) is 0 Å². The summed E-state index contributed by atoms with van der Waals surface area (Å²) in [5, 5.41) is 0. The number of aryl methyl sites for hydroxylation is 1. The molecular formula is C32H24N6. The molecule has 0 saturated carbocycles. The lowest BCUT2D eigenvalue weighted by atomic mass is 9.99. The minimum Gasteiger partial charge on any atom is -0.368 e.